The average Bonchev–Trinajstić information content (AvgIpc) is 2.83. The third kappa shape index (κ3) is 3.22. The number of carbonyl (C=O) groups is 1. The van der Waals surface area contributed by atoms with E-state index in [1.165, 1.54) is 0 Å². The van der Waals surface area contributed by atoms with Crippen LogP contribution in [-0.4, -0.2) is 19.0 Å². The summed E-state index contributed by atoms with van der Waals surface area (Å²) in [6, 6.07) is 3.15. The van der Waals surface area contributed by atoms with Crippen LogP contribution < -0.4 is 10.6 Å². The second kappa shape index (κ2) is 6.52. The maximum absolute atomic E-state index is 12.6. The van der Waals surface area contributed by atoms with Gasteiger partial charge in [0, 0.05) is 11.6 Å². The van der Waals surface area contributed by atoms with Crippen LogP contribution in [0, 0.1) is 5.41 Å². The van der Waals surface area contributed by atoms with Gasteiger partial charge in [0.1, 0.15) is 0 Å². The van der Waals surface area contributed by atoms with E-state index in [1.807, 2.05) is 0 Å². The fourth-order valence-corrected chi connectivity index (χ4v) is 3.56. The second-order valence-electron chi connectivity index (χ2n) is 5.16. The van der Waals surface area contributed by atoms with Crippen molar-refractivity contribution >= 4 is 46.4 Å². The van der Waals surface area contributed by atoms with Crippen LogP contribution in [0.15, 0.2) is 12.1 Å². The Morgan fingerprint density at radius 1 is 1.35 bits per heavy atom. The SMILES string of the molecule is CCCC1(C(=O)Nc2c(Cl)cc(Cl)cc2Cl)CCNC1. The number of nitrogens with one attached hydrogen (secondary N) is 2. The number of hydrogen-bond acceptors (Lipinski definition) is 2. The molecule has 0 saturated carbocycles. The highest BCUT2D eigenvalue weighted by molar-refractivity contribution is 6.42. The molecule has 1 aliphatic heterocycles. The van der Waals surface area contributed by atoms with Gasteiger partial charge in [-0.3, -0.25) is 4.79 Å². The number of rotatable bonds is 4. The molecule has 0 spiro atoms. The molecule has 1 unspecified atom stereocenters. The van der Waals surface area contributed by atoms with Crippen molar-refractivity contribution in [1.29, 1.82) is 0 Å². The van der Waals surface area contributed by atoms with Crippen molar-refractivity contribution in [1.82, 2.24) is 5.32 Å². The van der Waals surface area contributed by atoms with E-state index >= 15 is 0 Å². The fraction of sp³-hybridized carbons (Fsp3) is 0.500. The lowest BCUT2D eigenvalue weighted by Crippen LogP contribution is -2.38. The lowest BCUT2D eigenvalue weighted by molar-refractivity contribution is -0.125. The van der Waals surface area contributed by atoms with E-state index < -0.39 is 0 Å². The zero-order valence-electron chi connectivity index (χ0n) is 11.2. The van der Waals surface area contributed by atoms with Crippen LogP contribution in [0.1, 0.15) is 26.2 Å². The summed E-state index contributed by atoms with van der Waals surface area (Å²) in [5, 5.41) is 7.28. The first-order valence-corrected chi connectivity index (χ1v) is 7.78. The largest absolute Gasteiger partial charge is 0.323 e. The smallest absolute Gasteiger partial charge is 0.232 e. The summed E-state index contributed by atoms with van der Waals surface area (Å²) in [4.78, 5) is 12.6. The lowest BCUT2D eigenvalue weighted by Gasteiger charge is -2.27. The van der Waals surface area contributed by atoms with Gasteiger partial charge in [0.15, 0.2) is 0 Å². The van der Waals surface area contributed by atoms with Crippen molar-refractivity contribution in [2.24, 2.45) is 5.41 Å². The van der Waals surface area contributed by atoms with Gasteiger partial charge in [-0.1, -0.05) is 48.1 Å². The molecule has 2 N–H and O–H groups in total. The molecule has 6 heteroatoms. The number of carbonyl (C=O) groups excluding carboxylic acids is 1. The number of halogens is 3. The molecule has 1 heterocycles. The normalized spacial score (nSPS) is 22.0. The molecule has 3 nitrogen and oxygen atoms in total. The van der Waals surface area contributed by atoms with Gasteiger partial charge in [-0.25, -0.2) is 0 Å². The Balaban J connectivity index is 2.23. The minimum Gasteiger partial charge on any atom is -0.323 e. The van der Waals surface area contributed by atoms with Crippen LogP contribution in [0.5, 0.6) is 0 Å². The van der Waals surface area contributed by atoms with Crippen LogP contribution in [0.4, 0.5) is 5.69 Å². The molecule has 1 fully saturated rings. The van der Waals surface area contributed by atoms with E-state index in [4.69, 9.17) is 34.8 Å². The Bertz CT molecular complexity index is 490. The van der Waals surface area contributed by atoms with Gasteiger partial charge >= 0.3 is 0 Å². The number of anilines is 1. The lowest BCUT2D eigenvalue weighted by atomic mass is 9.81. The van der Waals surface area contributed by atoms with Gasteiger partial charge in [0.05, 0.1) is 21.1 Å². The Kier molecular flexibility index (Phi) is 5.19. The third-order valence-electron chi connectivity index (χ3n) is 3.70. The first-order chi connectivity index (χ1) is 9.48. The second-order valence-corrected chi connectivity index (χ2v) is 6.41. The Labute approximate surface area is 134 Å². The van der Waals surface area contributed by atoms with Crippen molar-refractivity contribution < 1.29 is 4.79 Å². The molecule has 0 radical (unpaired) electrons. The van der Waals surface area contributed by atoms with Crippen LogP contribution in [-0.2, 0) is 4.79 Å². The maximum Gasteiger partial charge on any atom is 0.232 e. The molecule has 0 aromatic heterocycles. The molecule has 1 aromatic carbocycles. The van der Waals surface area contributed by atoms with Crippen molar-refractivity contribution in [2.45, 2.75) is 26.2 Å². The average molecular weight is 336 g/mol. The van der Waals surface area contributed by atoms with Crippen molar-refractivity contribution in [3.8, 4) is 0 Å². The molecular formula is C14H17Cl3N2O. The van der Waals surface area contributed by atoms with Gasteiger partial charge in [0.25, 0.3) is 0 Å². The summed E-state index contributed by atoms with van der Waals surface area (Å²) < 4.78 is 0. The molecule has 1 aromatic rings. The molecule has 110 valence electrons. The van der Waals surface area contributed by atoms with Crippen molar-refractivity contribution in [3.63, 3.8) is 0 Å². The Hall–Kier alpha value is -0.480. The first-order valence-electron chi connectivity index (χ1n) is 6.65. The summed E-state index contributed by atoms with van der Waals surface area (Å²) >= 11 is 18.1. The van der Waals surface area contributed by atoms with Crippen molar-refractivity contribution in [2.75, 3.05) is 18.4 Å². The molecule has 1 saturated heterocycles. The quantitative estimate of drug-likeness (QED) is 0.858. The highest BCUT2D eigenvalue weighted by Gasteiger charge is 2.40. The topological polar surface area (TPSA) is 41.1 Å². The number of benzene rings is 1. The molecule has 0 bridgehead atoms. The standard InChI is InChI=1S/C14H17Cl3N2O/c1-2-3-14(4-5-18-8-14)13(20)19-12-10(16)6-9(15)7-11(12)17/h6-7,18H,2-5,8H2,1H3,(H,19,20). The van der Waals surface area contributed by atoms with E-state index in [2.05, 4.69) is 17.6 Å². The fourth-order valence-electron chi connectivity index (χ4n) is 2.65. The molecule has 20 heavy (non-hydrogen) atoms. The van der Waals surface area contributed by atoms with Gasteiger partial charge < -0.3 is 10.6 Å². The van der Waals surface area contributed by atoms with E-state index in [0.717, 1.165) is 25.8 Å². The van der Waals surface area contributed by atoms with E-state index in [0.29, 0.717) is 27.3 Å². The van der Waals surface area contributed by atoms with E-state index in [-0.39, 0.29) is 11.3 Å². The van der Waals surface area contributed by atoms with Crippen molar-refractivity contribution in [3.05, 3.63) is 27.2 Å². The monoisotopic (exact) mass is 334 g/mol. The highest BCUT2D eigenvalue weighted by atomic mass is 35.5. The van der Waals surface area contributed by atoms with Gasteiger partial charge in [-0.2, -0.15) is 0 Å². The minimum atomic E-state index is -0.374. The predicted molar refractivity (Wildman–Crippen MR) is 84.9 cm³/mol. The summed E-state index contributed by atoms with van der Waals surface area (Å²) in [6.45, 7) is 3.63. The first kappa shape index (κ1) is 15.9. The van der Waals surface area contributed by atoms with E-state index in [9.17, 15) is 4.79 Å². The Morgan fingerprint density at radius 2 is 2.00 bits per heavy atom. The van der Waals surface area contributed by atoms with Crippen LogP contribution in [0.2, 0.25) is 15.1 Å². The number of amides is 1. The maximum atomic E-state index is 12.6. The Morgan fingerprint density at radius 3 is 2.50 bits per heavy atom. The predicted octanol–water partition coefficient (Wildman–Crippen LogP) is 4.37. The van der Waals surface area contributed by atoms with Crippen LogP contribution >= 0.6 is 34.8 Å². The molecule has 1 amide bonds. The highest BCUT2D eigenvalue weighted by Crippen LogP contribution is 2.37. The van der Waals surface area contributed by atoms with Crippen LogP contribution in [0.25, 0.3) is 0 Å². The number of hydrogen-bond donors (Lipinski definition) is 2. The molecule has 1 atom stereocenters. The molecule has 1 aliphatic rings. The van der Waals surface area contributed by atoms with Crippen LogP contribution in [0.3, 0.4) is 0 Å². The molecule has 0 aliphatic carbocycles. The van der Waals surface area contributed by atoms with E-state index in [1.54, 1.807) is 12.1 Å². The third-order valence-corrected chi connectivity index (χ3v) is 4.51. The zero-order chi connectivity index (χ0) is 14.8. The van der Waals surface area contributed by atoms with Gasteiger partial charge in [-0.15, -0.1) is 0 Å². The molecule has 2 rings (SSSR count). The summed E-state index contributed by atoms with van der Waals surface area (Å²) in [5.74, 6) is -0.0320. The zero-order valence-corrected chi connectivity index (χ0v) is 13.5. The summed E-state index contributed by atoms with van der Waals surface area (Å²) in [7, 11) is 0. The summed E-state index contributed by atoms with van der Waals surface area (Å²) in [5.41, 5.74) is 0.0613. The van der Waals surface area contributed by atoms with Gasteiger partial charge in [-0.05, 0) is 31.5 Å². The van der Waals surface area contributed by atoms with Gasteiger partial charge in [0.2, 0.25) is 5.91 Å². The minimum absolute atomic E-state index is 0.0320. The molecular weight excluding hydrogens is 319 g/mol. The summed E-state index contributed by atoms with van der Waals surface area (Å²) in [6.07, 6.45) is 2.63.